The average Bonchev–Trinajstić information content (AvgIpc) is 3.66. The Kier molecular flexibility index (Phi) is 6.88. The van der Waals surface area contributed by atoms with E-state index in [0.717, 1.165) is 72.7 Å². The van der Waals surface area contributed by atoms with Gasteiger partial charge in [-0.2, -0.15) is 0 Å². The maximum Gasteiger partial charge on any atom is 0.235 e. The normalized spacial score (nSPS) is 13.0. The van der Waals surface area contributed by atoms with Gasteiger partial charge in [0.2, 0.25) is 5.95 Å². The molecule has 3 aromatic heterocycles. The zero-order valence-electron chi connectivity index (χ0n) is 28.8. The van der Waals surface area contributed by atoms with Crippen LogP contribution in [0.1, 0.15) is 0 Å². The van der Waals surface area contributed by atoms with E-state index in [1.807, 2.05) is 36.4 Å². The van der Waals surface area contributed by atoms with E-state index in [-0.39, 0.29) is 0 Å². The Balaban J connectivity index is 1.20. The van der Waals surface area contributed by atoms with Crippen LogP contribution < -0.4 is 10.4 Å². The second-order valence-electron chi connectivity index (χ2n) is 13.9. The first-order chi connectivity index (χ1) is 25.5. The Morgan fingerprint density at radius 3 is 1.69 bits per heavy atom. The molecule has 52 heavy (non-hydrogen) atoms. The average molecular weight is 684 g/mol. The molecule has 0 amide bonds. The number of hydrogen-bond acceptors (Lipinski definition) is 4. The van der Waals surface area contributed by atoms with Crippen LogP contribution in [0, 0.1) is 0 Å². The molecule has 0 aliphatic carbocycles. The summed E-state index contributed by atoms with van der Waals surface area (Å²) in [6.07, 6.45) is 0. The monoisotopic (exact) mass is 683 g/mol. The second kappa shape index (κ2) is 11.8. The maximum atomic E-state index is 5.40. The Hall–Kier alpha value is -6.50. The van der Waals surface area contributed by atoms with Crippen LogP contribution in [-0.4, -0.2) is 32.6 Å². The third-order valence-electron chi connectivity index (χ3n) is 10.4. The van der Waals surface area contributed by atoms with E-state index >= 15 is 0 Å². The fraction of sp³-hybridized carbons (Fsp3) is 0.0435. The minimum absolute atomic E-state index is 0.628. The minimum atomic E-state index is -2.05. The highest BCUT2D eigenvalue weighted by Crippen LogP contribution is 2.37. The summed E-state index contributed by atoms with van der Waals surface area (Å²) < 4.78 is 2.19. The van der Waals surface area contributed by atoms with Crippen molar-refractivity contribution in [1.82, 2.24) is 24.5 Å². The van der Waals surface area contributed by atoms with Crippen LogP contribution in [0.15, 0.2) is 164 Å². The molecule has 0 atom stereocenters. The molecule has 0 N–H and O–H groups in total. The number of rotatable bonds is 5. The van der Waals surface area contributed by atoms with E-state index in [4.69, 9.17) is 19.9 Å². The second-order valence-corrected chi connectivity index (χ2v) is 18.2. The first kappa shape index (κ1) is 30.3. The molecule has 0 fully saturated rings. The van der Waals surface area contributed by atoms with Crippen LogP contribution in [-0.2, 0) is 0 Å². The van der Waals surface area contributed by atoms with Gasteiger partial charge in [0.25, 0.3) is 0 Å². The molecule has 4 heterocycles. The Labute approximate surface area is 303 Å². The number of fused-ring (bicyclic) bond motifs is 6. The molecular formula is C46H33N5Si. The van der Waals surface area contributed by atoms with Gasteiger partial charge in [-0.1, -0.05) is 147 Å². The van der Waals surface area contributed by atoms with E-state index in [9.17, 15) is 0 Å². The Bertz CT molecular complexity index is 2750. The van der Waals surface area contributed by atoms with Crippen LogP contribution in [0.2, 0.25) is 13.1 Å². The predicted molar refractivity (Wildman–Crippen MR) is 216 cm³/mol. The fourth-order valence-electron chi connectivity index (χ4n) is 7.93. The summed E-state index contributed by atoms with van der Waals surface area (Å²) in [5.41, 5.74) is 11.3. The van der Waals surface area contributed by atoms with Crippen LogP contribution in [0.5, 0.6) is 0 Å². The SMILES string of the molecule is C[Si]1(C)c2ccccc2-c2nc(-c3ccc4c(c3)c3ccccc3n4-c3nc(-c4ccccc4)cc(-c4ccccc4)n3)nc(-c3ccccc3)c21. The fourth-order valence-corrected chi connectivity index (χ4v) is 11.2. The van der Waals surface area contributed by atoms with Gasteiger partial charge in [0, 0.05) is 33.0 Å². The van der Waals surface area contributed by atoms with Crippen LogP contribution in [0.4, 0.5) is 0 Å². The molecule has 6 heteroatoms. The molecule has 9 aromatic rings. The number of nitrogens with zero attached hydrogens (tertiary/aromatic N) is 5. The summed E-state index contributed by atoms with van der Waals surface area (Å²) in [6.45, 7) is 4.85. The van der Waals surface area contributed by atoms with E-state index in [0.29, 0.717) is 5.95 Å². The number of para-hydroxylation sites is 1. The van der Waals surface area contributed by atoms with Crippen molar-refractivity contribution >= 4 is 40.3 Å². The maximum absolute atomic E-state index is 5.40. The molecule has 1 aliphatic heterocycles. The molecule has 0 saturated carbocycles. The summed E-state index contributed by atoms with van der Waals surface area (Å²) in [5.74, 6) is 1.36. The van der Waals surface area contributed by atoms with Crippen molar-refractivity contribution in [3.63, 3.8) is 0 Å². The van der Waals surface area contributed by atoms with Gasteiger partial charge in [-0.3, -0.25) is 4.57 Å². The Morgan fingerprint density at radius 2 is 1.00 bits per heavy atom. The van der Waals surface area contributed by atoms with Crippen LogP contribution in [0.25, 0.3) is 84.2 Å². The molecule has 0 saturated heterocycles. The van der Waals surface area contributed by atoms with E-state index in [1.54, 1.807) is 0 Å². The van der Waals surface area contributed by atoms with Crippen molar-refractivity contribution in [2.75, 3.05) is 0 Å². The summed E-state index contributed by atoms with van der Waals surface area (Å²) in [7, 11) is -2.05. The molecule has 0 bridgehead atoms. The van der Waals surface area contributed by atoms with Gasteiger partial charge < -0.3 is 0 Å². The van der Waals surface area contributed by atoms with Crippen molar-refractivity contribution in [1.29, 1.82) is 0 Å². The zero-order chi connectivity index (χ0) is 34.8. The molecule has 0 unspecified atom stereocenters. The molecule has 0 radical (unpaired) electrons. The number of benzene rings is 6. The largest absolute Gasteiger partial charge is 0.278 e. The van der Waals surface area contributed by atoms with Gasteiger partial charge >= 0.3 is 0 Å². The van der Waals surface area contributed by atoms with E-state index < -0.39 is 8.07 Å². The topological polar surface area (TPSA) is 56.5 Å². The van der Waals surface area contributed by atoms with Crippen molar-refractivity contribution in [3.05, 3.63) is 164 Å². The van der Waals surface area contributed by atoms with Gasteiger partial charge in [-0.15, -0.1) is 0 Å². The predicted octanol–water partition coefficient (Wildman–Crippen LogP) is 9.83. The van der Waals surface area contributed by atoms with E-state index in [2.05, 4.69) is 145 Å². The van der Waals surface area contributed by atoms with Crippen molar-refractivity contribution in [3.8, 4) is 62.4 Å². The first-order valence-electron chi connectivity index (χ1n) is 17.7. The lowest BCUT2D eigenvalue weighted by Gasteiger charge is -2.21. The van der Waals surface area contributed by atoms with Gasteiger partial charge in [0.1, 0.15) is 8.07 Å². The van der Waals surface area contributed by atoms with E-state index in [1.165, 1.54) is 15.9 Å². The highest BCUT2D eigenvalue weighted by Gasteiger charge is 2.41. The standard InChI is InChI=1S/C46H33N5Si/c1-52(2)41-25-15-13-23-35(41)43-44(52)42(32-20-10-5-11-21-32)49-45(50-43)33-26-27-40-36(28-33)34-22-12-14-24-39(34)51(40)46-47-37(30-16-6-3-7-17-30)29-38(48-46)31-18-8-4-9-19-31/h3-29H,1-2H3. The zero-order valence-corrected chi connectivity index (χ0v) is 29.8. The highest BCUT2D eigenvalue weighted by atomic mass is 28.3. The lowest BCUT2D eigenvalue weighted by molar-refractivity contribution is 0.995. The van der Waals surface area contributed by atoms with Gasteiger partial charge in [-0.25, -0.2) is 19.9 Å². The lowest BCUT2D eigenvalue weighted by atomic mass is 10.1. The third kappa shape index (κ3) is 4.76. The molecule has 0 spiro atoms. The smallest absolute Gasteiger partial charge is 0.235 e. The van der Waals surface area contributed by atoms with Crippen molar-refractivity contribution < 1.29 is 0 Å². The summed E-state index contributed by atoms with van der Waals surface area (Å²) in [5, 5.41) is 4.95. The lowest BCUT2D eigenvalue weighted by Crippen LogP contribution is -2.50. The Morgan fingerprint density at radius 1 is 0.442 bits per heavy atom. The third-order valence-corrected chi connectivity index (χ3v) is 13.9. The van der Waals surface area contributed by atoms with Crippen LogP contribution >= 0.6 is 0 Å². The molecule has 5 nitrogen and oxygen atoms in total. The highest BCUT2D eigenvalue weighted by molar-refractivity contribution is 7.04. The number of aromatic nitrogens is 5. The van der Waals surface area contributed by atoms with Crippen LogP contribution in [0.3, 0.4) is 0 Å². The molecular weight excluding hydrogens is 651 g/mol. The number of hydrogen-bond donors (Lipinski definition) is 0. The molecule has 246 valence electrons. The van der Waals surface area contributed by atoms with Gasteiger partial charge in [0.05, 0.1) is 33.8 Å². The quantitative estimate of drug-likeness (QED) is 0.170. The van der Waals surface area contributed by atoms with Gasteiger partial charge in [0.15, 0.2) is 5.82 Å². The minimum Gasteiger partial charge on any atom is -0.278 e. The molecule has 10 rings (SSSR count). The van der Waals surface area contributed by atoms with Crippen molar-refractivity contribution in [2.45, 2.75) is 13.1 Å². The molecule has 6 aromatic carbocycles. The summed E-state index contributed by atoms with van der Waals surface area (Å²) in [4.78, 5) is 21.2. The van der Waals surface area contributed by atoms with Gasteiger partial charge in [-0.05, 0) is 46.3 Å². The molecule has 1 aliphatic rings. The van der Waals surface area contributed by atoms with Crippen molar-refractivity contribution in [2.24, 2.45) is 0 Å². The summed E-state index contributed by atoms with van der Waals surface area (Å²) >= 11 is 0. The first-order valence-corrected chi connectivity index (χ1v) is 20.7. The summed E-state index contributed by atoms with van der Waals surface area (Å²) in [6, 6.07) is 57.2.